The third kappa shape index (κ3) is 1.82. The molecule has 1 fully saturated rings. The Morgan fingerprint density at radius 2 is 2.29 bits per heavy atom. The average Bonchev–Trinajstić information content (AvgIpc) is 2.45. The SMILES string of the molecule is Cc1cccc(N2CC(Br)CC2=O)c1. The van der Waals surface area contributed by atoms with Crippen molar-refractivity contribution in [3.05, 3.63) is 29.8 Å². The molecule has 1 aromatic carbocycles. The summed E-state index contributed by atoms with van der Waals surface area (Å²) >= 11 is 3.47. The van der Waals surface area contributed by atoms with Gasteiger partial charge in [0.1, 0.15) is 0 Å². The number of hydrogen-bond donors (Lipinski definition) is 0. The first-order chi connectivity index (χ1) is 6.66. The normalized spacial score (nSPS) is 21.7. The first kappa shape index (κ1) is 9.71. The number of anilines is 1. The fourth-order valence-electron chi connectivity index (χ4n) is 1.71. The van der Waals surface area contributed by atoms with Gasteiger partial charge in [-0.3, -0.25) is 4.79 Å². The van der Waals surface area contributed by atoms with Gasteiger partial charge in [0.2, 0.25) is 5.91 Å². The van der Waals surface area contributed by atoms with E-state index in [0.717, 1.165) is 12.2 Å². The van der Waals surface area contributed by atoms with Gasteiger partial charge in [-0.15, -0.1) is 0 Å². The van der Waals surface area contributed by atoms with E-state index in [1.165, 1.54) is 5.56 Å². The van der Waals surface area contributed by atoms with Crippen molar-refractivity contribution in [1.82, 2.24) is 0 Å². The Balaban J connectivity index is 2.27. The highest BCUT2D eigenvalue weighted by Crippen LogP contribution is 2.25. The van der Waals surface area contributed by atoms with Crippen molar-refractivity contribution in [2.75, 3.05) is 11.4 Å². The molecule has 0 N–H and O–H groups in total. The molecule has 1 aromatic rings. The number of nitrogens with zero attached hydrogens (tertiary/aromatic N) is 1. The molecule has 0 saturated carbocycles. The predicted octanol–water partition coefficient (Wildman–Crippen LogP) is 2.50. The molecular weight excluding hydrogens is 242 g/mol. The van der Waals surface area contributed by atoms with Crippen LogP contribution in [0, 0.1) is 6.92 Å². The van der Waals surface area contributed by atoms with Gasteiger partial charge in [-0.1, -0.05) is 28.1 Å². The lowest BCUT2D eigenvalue weighted by molar-refractivity contribution is -0.117. The van der Waals surface area contributed by atoms with Crippen molar-refractivity contribution in [3.8, 4) is 0 Å². The van der Waals surface area contributed by atoms with Crippen molar-refractivity contribution >= 4 is 27.5 Å². The Morgan fingerprint density at radius 3 is 2.86 bits per heavy atom. The van der Waals surface area contributed by atoms with E-state index in [0.29, 0.717) is 11.2 Å². The van der Waals surface area contributed by atoms with Crippen LogP contribution >= 0.6 is 15.9 Å². The van der Waals surface area contributed by atoms with Crippen molar-refractivity contribution in [2.24, 2.45) is 0 Å². The van der Waals surface area contributed by atoms with Crippen LogP contribution in [0.5, 0.6) is 0 Å². The molecule has 1 saturated heterocycles. The largest absolute Gasteiger partial charge is 0.311 e. The van der Waals surface area contributed by atoms with Crippen molar-refractivity contribution in [3.63, 3.8) is 0 Å². The average molecular weight is 254 g/mol. The maximum atomic E-state index is 11.6. The smallest absolute Gasteiger partial charge is 0.228 e. The minimum atomic E-state index is 0.206. The van der Waals surface area contributed by atoms with E-state index < -0.39 is 0 Å². The van der Waals surface area contributed by atoms with Crippen LogP contribution in [0.3, 0.4) is 0 Å². The Hall–Kier alpha value is -0.830. The van der Waals surface area contributed by atoms with E-state index in [1.54, 1.807) is 0 Å². The summed E-state index contributed by atoms with van der Waals surface area (Å²) in [5, 5.41) is 0. The molecule has 0 bridgehead atoms. The van der Waals surface area contributed by atoms with E-state index in [1.807, 2.05) is 36.1 Å². The van der Waals surface area contributed by atoms with E-state index in [2.05, 4.69) is 15.9 Å². The van der Waals surface area contributed by atoms with Gasteiger partial charge < -0.3 is 4.90 Å². The number of carbonyl (C=O) groups is 1. The molecule has 1 heterocycles. The third-order valence-corrected chi connectivity index (χ3v) is 3.00. The zero-order valence-corrected chi connectivity index (χ0v) is 9.62. The van der Waals surface area contributed by atoms with Gasteiger partial charge in [-0.05, 0) is 24.6 Å². The van der Waals surface area contributed by atoms with Gasteiger partial charge in [-0.25, -0.2) is 0 Å². The van der Waals surface area contributed by atoms with Gasteiger partial charge in [0.05, 0.1) is 0 Å². The zero-order valence-electron chi connectivity index (χ0n) is 8.03. The molecule has 1 amide bonds. The number of alkyl halides is 1. The van der Waals surface area contributed by atoms with E-state index in [9.17, 15) is 4.79 Å². The lowest BCUT2D eigenvalue weighted by Gasteiger charge is -2.16. The van der Waals surface area contributed by atoms with Crippen LogP contribution in [-0.4, -0.2) is 17.3 Å². The molecule has 0 spiro atoms. The number of carbonyl (C=O) groups excluding carboxylic acids is 1. The van der Waals surface area contributed by atoms with Crippen LogP contribution in [0.2, 0.25) is 0 Å². The second-order valence-electron chi connectivity index (χ2n) is 3.64. The molecule has 3 heteroatoms. The summed E-state index contributed by atoms with van der Waals surface area (Å²) in [5.74, 6) is 0.206. The maximum absolute atomic E-state index is 11.6. The predicted molar refractivity (Wildman–Crippen MR) is 60.9 cm³/mol. The summed E-state index contributed by atoms with van der Waals surface area (Å²) in [4.78, 5) is 13.7. The Kier molecular flexibility index (Phi) is 2.59. The van der Waals surface area contributed by atoms with Gasteiger partial charge in [0, 0.05) is 23.5 Å². The molecule has 0 aromatic heterocycles. The summed E-state index contributed by atoms with van der Waals surface area (Å²) in [5.41, 5.74) is 2.20. The Morgan fingerprint density at radius 1 is 1.50 bits per heavy atom. The molecule has 74 valence electrons. The van der Waals surface area contributed by atoms with Crippen LogP contribution in [0.4, 0.5) is 5.69 Å². The second kappa shape index (κ2) is 3.73. The van der Waals surface area contributed by atoms with Crippen LogP contribution in [0.15, 0.2) is 24.3 Å². The molecular formula is C11H12BrNO. The summed E-state index contributed by atoms with van der Waals surface area (Å²) < 4.78 is 0. The number of aryl methyl sites for hydroxylation is 1. The summed E-state index contributed by atoms with van der Waals surface area (Å²) in [6.45, 7) is 2.82. The number of halogens is 1. The molecule has 0 aliphatic carbocycles. The minimum absolute atomic E-state index is 0.206. The van der Waals surface area contributed by atoms with Crippen molar-refractivity contribution in [1.29, 1.82) is 0 Å². The van der Waals surface area contributed by atoms with E-state index in [4.69, 9.17) is 0 Å². The second-order valence-corrected chi connectivity index (χ2v) is 4.94. The van der Waals surface area contributed by atoms with Gasteiger partial charge in [0.25, 0.3) is 0 Å². The minimum Gasteiger partial charge on any atom is -0.311 e. The third-order valence-electron chi connectivity index (χ3n) is 2.39. The lowest BCUT2D eigenvalue weighted by Crippen LogP contribution is -2.24. The Labute approximate surface area is 92.0 Å². The van der Waals surface area contributed by atoms with Crippen molar-refractivity contribution in [2.45, 2.75) is 18.2 Å². The monoisotopic (exact) mass is 253 g/mol. The highest BCUT2D eigenvalue weighted by Gasteiger charge is 2.28. The number of amides is 1. The quantitative estimate of drug-likeness (QED) is 0.705. The molecule has 2 nitrogen and oxygen atoms in total. The fraction of sp³-hybridized carbons (Fsp3) is 0.364. The zero-order chi connectivity index (χ0) is 10.1. The topological polar surface area (TPSA) is 20.3 Å². The highest BCUT2D eigenvalue weighted by atomic mass is 79.9. The van der Waals surface area contributed by atoms with Crippen LogP contribution in [0.25, 0.3) is 0 Å². The summed E-state index contributed by atoms with van der Waals surface area (Å²) in [6.07, 6.45) is 0.605. The van der Waals surface area contributed by atoms with Gasteiger partial charge >= 0.3 is 0 Å². The maximum Gasteiger partial charge on any atom is 0.228 e. The van der Waals surface area contributed by atoms with Crippen LogP contribution < -0.4 is 4.90 Å². The van der Waals surface area contributed by atoms with Crippen LogP contribution in [-0.2, 0) is 4.79 Å². The molecule has 0 radical (unpaired) electrons. The van der Waals surface area contributed by atoms with Crippen LogP contribution in [0.1, 0.15) is 12.0 Å². The van der Waals surface area contributed by atoms with Crippen molar-refractivity contribution < 1.29 is 4.79 Å². The molecule has 2 rings (SSSR count). The molecule has 1 aliphatic rings. The molecule has 1 atom stereocenters. The van der Waals surface area contributed by atoms with E-state index >= 15 is 0 Å². The highest BCUT2D eigenvalue weighted by molar-refractivity contribution is 9.09. The molecule has 1 unspecified atom stereocenters. The number of benzene rings is 1. The van der Waals surface area contributed by atoms with Gasteiger partial charge in [0.15, 0.2) is 0 Å². The van der Waals surface area contributed by atoms with Gasteiger partial charge in [-0.2, -0.15) is 0 Å². The first-order valence-corrected chi connectivity index (χ1v) is 5.59. The molecule has 14 heavy (non-hydrogen) atoms. The Bertz CT molecular complexity index is 364. The standard InChI is InChI=1S/C11H12BrNO/c1-8-3-2-4-10(5-8)13-7-9(12)6-11(13)14/h2-5,9H,6-7H2,1H3. The lowest BCUT2D eigenvalue weighted by atomic mass is 10.2. The first-order valence-electron chi connectivity index (χ1n) is 4.68. The molecule has 1 aliphatic heterocycles. The van der Waals surface area contributed by atoms with E-state index in [-0.39, 0.29) is 5.91 Å². The fourth-order valence-corrected chi connectivity index (χ4v) is 2.28. The number of hydrogen-bond acceptors (Lipinski definition) is 1. The summed E-state index contributed by atoms with van der Waals surface area (Å²) in [7, 11) is 0. The number of rotatable bonds is 1. The summed E-state index contributed by atoms with van der Waals surface area (Å²) in [6, 6.07) is 8.05.